The first-order chi connectivity index (χ1) is 6.14. The summed E-state index contributed by atoms with van der Waals surface area (Å²) in [5.41, 5.74) is 1.15. The van der Waals surface area contributed by atoms with E-state index in [1.165, 1.54) is 0 Å². The van der Waals surface area contributed by atoms with E-state index < -0.39 is 8.48 Å². The standard InChI is InChI=1S/C10H17NOSi/c1-4-12-13(2,3)11-10-8-6-5-7-9-10/h5-9,11H,4H2,1-3H3. The SMILES string of the molecule is CCO[Si](C)(C)Nc1ccccc1. The molecule has 0 saturated heterocycles. The van der Waals surface area contributed by atoms with E-state index in [0.717, 1.165) is 12.3 Å². The zero-order valence-corrected chi connectivity index (χ0v) is 9.50. The first-order valence-electron chi connectivity index (χ1n) is 4.61. The minimum Gasteiger partial charge on any atom is -0.399 e. The maximum absolute atomic E-state index is 5.66. The molecule has 0 spiro atoms. The van der Waals surface area contributed by atoms with Crippen LogP contribution in [0.5, 0.6) is 0 Å². The molecular formula is C10H17NOSi. The van der Waals surface area contributed by atoms with Crippen molar-refractivity contribution in [3.63, 3.8) is 0 Å². The minimum absolute atomic E-state index is 0.777. The fraction of sp³-hybridized carbons (Fsp3) is 0.400. The molecule has 1 rings (SSSR count). The van der Waals surface area contributed by atoms with Gasteiger partial charge >= 0.3 is 0 Å². The quantitative estimate of drug-likeness (QED) is 0.746. The Labute approximate surface area is 81.1 Å². The van der Waals surface area contributed by atoms with Gasteiger partial charge in [-0.3, -0.25) is 0 Å². The van der Waals surface area contributed by atoms with Gasteiger partial charge in [0.1, 0.15) is 0 Å². The van der Waals surface area contributed by atoms with Crippen LogP contribution in [-0.2, 0) is 4.43 Å². The maximum atomic E-state index is 5.66. The topological polar surface area (TPSA) is 21.3 Å². The Hall–Kier alpha value is -0.803. The van der Waals surface area contributed by atoms with Crippen molar-refractivity contribution >= 4 is 14.2 Å². The first kappa shape index (κ1) is 10.3. The van der Waals surface area contributed by atoms with Gasteiger partial charge in [-0.15, -0.1) is 0 Å². The molecule has 3 heteroatoms. The first-order valence-corrected chi connectivity index (χ1v) is 7.52. The fourth-order valence-corrected chi connectivity index (χ4v) is 2.92. The highest BCUT2D eigenvalue weighted by Gasteiger charge is 2.21. The van der Waals surface area contributed by atoms with E-state index >= 15 is 0 Å². The van der Waals surface area contributed by atoms with Gasteiger partial charge in [0.15, 0.2) is 0 Å². The number of hydrogen-bond donors (Lipinski definition) is 1. The van der Waals surface area contributed by atoms with E-state index in [9.17, 15) is 0 Å². The molecule has 13 heavy (non-hydrogen) atoms. The Morgan fingerprint density at radius 3 is 2.38 bits per heavy atom. The van der Waals surface area contributed by atoms with Crippen LogP contribution in [0.1, 0.15) is 6.92 Å². The molecule has 1 aromatic carbocycles. The average molecular weight is 195 g/mol. The Balaban J connectivity index is 2.58. The molecule has 0 unspecified atom stereocenters. The summed E-state index contributed by atoms with van der Waals surface area (Å²) in [7, 11) is -1.69. The molecule has 1 aromatic rings. The molecule has 0 aromatic heterocycles. The van der Waals surface area contributed by atoms with Crippen molar-refractivity contribution in [3.05, 3.63) is 30.3 Å². The van der Waals surface area contributed by atoms with Crippen LogP contribution in [0.4, 0.5) is 5.69 Å². The summed E-state index contributed by atoms with van der Waals surface area (Å²) in [6.45, 7) is 7.12. The molecule has 0 aliphatic carbocycles. The maximum Gasteiger partial charge on any atom is 0.291 e. The second kappa shape index (κ2) is 4.44. The van der Waals surface area contributed by atoms with E-state index in [1.807, 2.05) is 25.1 Å². The normalized spacial score (nSPS) is 11.3. The number of anilines is 1. The van der Waals surface area contributed by atoms with Gasteiger partial charge in [0.2, 0.25) is 0 Å². The Morgan fingerprint density at radius 2 is 1.85 bits per heavy atom. The van der Waals surface area contributed by atoms with E-state index in [4.69, 9.17) is 4.43 Å². The molecule has 0 heterocycles. The zero-order chi connectivity index (χ0) is 9.73. The van der Waals surface area contributed by atoms with Crippen LogP contribution in [0.25, 0.3) is 0 Å². The second-order valence-electron chi connectivity index (χ2n) is 3.43. The minimum atomic E-state index is -1.69. The van der Waals surface area contributed by atoms with Crippen molar-refractivity contribution in [2.75, 3.05) is 11.6 Å². The van der Waals surface area contributed by atoms with Gasteiger partial charge in [-0.2, -0.15) is 0 Å². The van der Waals surface area contributed by atoms with Crippen LogP contribution in [0.15, 0.2) is 30.3 Å². The Morgan fingerprint density at radius 1 is 1.23 bits per heavy atom. The summed E-state index contributed by atoms with van der Waals surface area (Å²) in [6, 6.07) is 10.2. The lowest BCUT2D eigenvalue weighted by molar-refractivity contribution is 0.334. The van der Waals surface area contributed by atoms with Crippen LogP contribution < -0.4 is 4.98 Å². The highest BCUT2D eigenvalue weighted by molar-refractivity contribution is 6.74. The van der Waals surface area contributed by atoms with E-state index in [-0.39, 0.29) is 0 Å². The lowest BCUT2D eigenvalue weighted by Gasteiger charge is -2.23. The summed E-state index contributed by atoms with van der Waals surface area (Å²) in [5, 5.41) is 0. The van der Waals surface area contributed by atoms with Gasteiger partial charge < -0.3 is 9.41 Å². The molecule has 0 fully saturated rings. The molecule has 2 nitrogen and oxygen atoms in total. The number of para-hydroxylation sites is 1. The van der Waals surface area contributed by atoms with Gasteiger partial charge in [0.25, 0.3) is 8.48 Å². The van der Waals surface area contributed by atoms with Crippen LogP contribution in [-0.4, -0.2) is 15.1 Å². The van der Waals surface area contributed by atoms with Crippen LogP contribution in [0.3, 0.4) is 0 Å². The van der Waals surface area contributed by atoms with Crippen molar-refractivity contribution in [1.29, 1.82) is 0 Å². The highest BCUT2D eigenvalue weighted by Crippen LogP contribution is 2.12. The predicted octanol–water partition coefficient (Wildman–Crippen LogP) is 2.84. The van der Waals surface area contributed by atoms with Crippen LogP contribution >= 0.6 is 0 Å². The third-order valence-corrected chi connectivity index (χ3v) is 3.63. The number of nitrogens with one attached hydrogen (secondary N) is 1. The number of rotatable bonds is 4. The van der Waals surface area contributed by atoms with Crippen molar-refractivity contribution in [2.45, 2.75) is 20.0 Å². The zero-order valence-electron chi connectivity index (χ0n) is 8.50. The lowest BCUT2D eigenvalue weighted by atomic mass is 10.3. The van der Waals surface area contributed by atoms with E-state index in [2.05, 4.69) is 30.2 Å². The average Bonchev–Trinajstić information content (AvgIpc) is 2.04. The van der Waals surface area contributed by atoms with Crippen molar-refractivity contribution < 1.29 is 4.43 Å². The molecule has 0 bridgehead atoms. The van der Waals surface area contributed by atoms with Crippen molar-refractivity contribution in [1.82, 2.24) is 0 Å². The van der Waals surface area contributed by atoms with Gasteiger partial charge in [-0.05, 0) is 32.2 Å². The smallest absolute Gasteiger partial charge is 0.291 e. The summed E-state index contributed by atoms with van der Waals surface area (Å²) in [4.78, 5) is 3.44. The second-order valence-corrected chi connectivity index (χ2v) is 6.99. The molecule has 0 amide bonds. The van der Waals surface area contributed by atoms with Gasteiger partial charge in [0.05, 0.1) is 0 Å². The van der Waals surface area contributed by atoms with Crippen LogP contribution in [0, 0.1) is 0 Å². The summed E-state index contributed by atoms with van der Waals surface area (Å²) < 4.78 is 5.66. The third kappa shape index (κ3) is 3.61. The van der Waals surface area contributed by atoms with Gasteiger partial charge in [0, 0.05) is 12.3 Å². The van der Waals surface area contributed by atoms with Crippen molar-refractivity contribution in [2.24, 2.45) is 0 Å². The molecule has 0 aliphatic heterocycles. The van der Waals surface area contributed by atoms with Gasteiger partial charge in [-0.25, -0.2) is 0 Å². The largest absolute Gasteiger partial charge is 0.399 e. The third-order valence-electron chi connectivity index (χ3n) is 1.72. The predicted molar refractivity (Wildman–Crippen MR) is 59.2 cm³/mol. The summed E-state index contributed by atoms with van der Waals surface area (Å²) >= 11 is 0. The van der Waals surface area contributed by atoms with E-state index in [0.29, 0.717) is 0 Å². The van der Waals surface area contributed by atoms with E-state index in [1.54, 1.807) is 0 Å². The lowest BCUT2D eigenvalue weighted by Crippen LogP contribution is -2.40. The summed E-state index contributed by atoms with van der Waals surface area (Å²) in [5.74, 6) is 0. The molecule has 0 atom stereocenters. The Kier molecular flexibility index (Phi) is 3.51. The molecule has 1 N–H and O–H groups in total. The van der Waals surface area contributed by atoms with Crippen molar-refractivity contribution in [3.8, 4) is 0 Å². The van der Waals surface area contributed by atoms with Gasteiger partial charge in [-0.1, -0.05) is 18.2 Å². The number of benzene rings is 1. The number of hydrogen-bond acceptors (Lipinski definition) is 2. The molecule has 0 aliphatic rings. The Bertz CT molecular complexity index is 248. The molecule has 0 radical (unpaired) electrons. The molecule has 72 valence electrons. The molecular weight excluding hydrogens is 178 g/mol. The fourth-order valence-electron chi connectivity index (χ4n) is 1.27. The highest BCUT2D eigenvalue weighted by atomic mass is 28.4. The monoisotopic (exact) mass is 195 g/mol. The summed E-state index contributed by atoms with van der Waals surface area (Å²) in [6.07, 6.45) is 0. The molecule has 0 saturated carbocycles. The van der Waals surface area contributed by atoms with Crippen LogP contribution in [0.2, 0.25) is 13.1 Å².